The minimum atomic E-state index is 0.0705. The zero-order valence-electron chi connectivity index (χ0n) is 16.2. The average Bonchev–Trinajstić information content (AvgIpc) is 2.88. The van der Waals surface area contributed by atoms with Gasteiger partial charge < -0.3 is 9.47 Å². The molecule has 0 spiro atoms. The van der Waals surface area contributed by atoms with Crippen molar-refractivity contribution in [2.24, 2.45) is 0 Å². The molecule has 0 N–H and O–H groups in total. The standard InChI is InChI=1S/C22H28N2O2/c1-15(2)23(4)21(26)13-18-16(3)24(14-17-9-6-5-7-10-17)19-11-8-12-20(25)22(18)19/h5-7,9-10,15H,8,11-14H2,1-4H3. The summed E-state index contributed by atoms with van der Waals surface area (Å²) in [6.07, 6.45) is 2.69. The molecule has 0 atom stereocenters. The van der Waals surface area contributed by atoms with Gasteiger partial charge in [-0.25, -0.2) is 0 Å². The van der Waals surface area contributed by atoms with E-state index in [9.17, 15) is 9.59 Å². The lowest BCUT2D eigenvalue weighted by Crippen LogP contribution is -2.34. The molecule has 0 aliphatic heterocycles. The molecule has 1 aromatic heterocycles. The first-order valence-corrected chi connectivity index (χ1v) is 9.43. The van der Waals surface area contributed by atoms with E-state index < -0.39 is 0 Å². The molecule has 0 fully saturated rings. The molecule has 4 heteroatoms. The molecular weight excluding hydrogens is 324 g/mol. The second kappa shape index (κ2) is 7.48. The molecule has 0 radical (unpaired) electrons. The number of carbonyl (C=O) groups excluding carboxylic acids is 2. The minimum absolute atomic E-state index is 0.0705. The van der Waals surface area contributed by atoms with E-state index in [0.717, 1.165) is 41.9 Å². The Bertz CT molecular complexity index is 818. The quantitative estimate of drug-likeness (QED) is 0.822. The predicted octanol–water partition coefficient (Wildman–Crippen LogP) is 3.77. The Morgan fingerprint density at radius 1 is 1.19 bits per heavy atom. The summed E-state index contributed by atoms with van der Waals surface area (Å²) in [5.41, 5.74) is 5.12. The topological polar surface area (TPSA) is 42.3 Å². The lowest BCUT2D eigenvalue weighted by Gasteiger charge is -2.22. The van der Waals surface area contributed by atoms with Crippen molar-refractivity contribution in [1.82, 2.24) is 9.47 Å². The monoisotopic (exact) mass is 352 g/mol. The van der Waals surface area contributed by atoms with Crippen LogP contribution in [0.5, 0.6) is 0 Å². The fourth-order valence-electron chi connectivity index (χ4n) is 3.75. The lowest BCUT2D eigenvalue weighted by molar-refractivity contribution is -0.130. The molecule has 1 amide bonds. The van der Waals surface area contributed by atoms with Gasteiger partial charge in [-0.15, -0.1) is 0 Å². The molecule has 138 valence electrons. The second-order valence-electron chi connectivity index (χ2n) is 7.51. The first-order valence-electron chi connectivity index (χ1n) is 9.43. The number of hydrogen-bond donors (Lipinski definition) is 0. The van der Waals surface area contributed by atoms with Crippen molar-refractivity contribution in [1.29, 1.82) is 0 Å². The Balaban J connectivity index is 2.01. The maximum atomic E-state index is 12.7. The SMILES string of the molecule is Cc1c(CC(=O)N(C)C(C)C)c2c(n1Cc1ccccc1)CCCC2=O. The van der Waals surface area contributed by atoms with Crippen LogP contribution in [0.2, 0.25) is 0 Å². The zero-order chi connectivity index (χ0) is 18.8. The summed E-state index contributed by atoms with van der Waals surface area (Å²) in [4.78, 5) is 27.1. The van der Waals surface area contributed by atoms with Crippen LogP contribution in [-0.4, -0.2) is 34.2 Å². The largest absolute Gasteiger partial charge is 0.343 e. The van der Waals surface area contributed by atoms with Crippen molar-refractivity contribution in [3.05, 3.63) is 58.4 Å². The molecule has 0 bridgehead atoms. The van der Waals surface area contributed by atoms with Crippen molar-refractivity contribution in [2.45, 2.75) is 59.0 Å². The number of fused-ring (bicyclic) bond motifs is 1. The normalized spacial score (nSPS) is 13.8. The first kappa shape index (κ1) is 18.4. The average molecular weight is 352 g/mol. The first-order chi connectivity index (χ1) is 12.4. The van der Waals surface area contributed by atoms with E-state index in [1.54, 1.807) is 4.90 Å². The third kappa shape index (κ3) is 3.46. The van der Waals surface area contributed by atoms with Crippen molar-refractivity contribution in [3.8, 4) is 0 Å². The van der Waals surface area contributed by atoms with Crippen LogP contribution in [0.4, 0.5) is 0 Å². The van der Waals surface area contributed by atoms with Crippen LogP contribution in [0, 0.1) is 6.92 Å². The van der Waals surface area contributed by atoms with Gasteiger partial charge in [-0.2, -0.15) is 0 Å². The van der Waals surface area contributed by atoms with E-state index in [2.05, 4.69) is 16.7 Å². The molecule has 0 saturated heterocycles. The Kier molecular flexibility index (Phi) is 5.30. The van der Waals surface area contributed by atoms with Gasteiger partial charge >= 0.3 is 0 Å². The molecule has 1 aromatic carbocycles. The van der Waals surface area contributed by atoms with Crippen LogP contribution in [0.1, 0.15) is 59.6 Å². The number of ketones is 1. The van der Waals surface area contributed by atoms with Crippen LogP contribution < -0.4 is 0 Å². The number of benzene rings is 1. The molecule has 2 aromatic rings. The van der Waals surface area contributed by atoms with Gasteiger partial charge in [0.05, 0.1) is 6.42 Å². The summed E-state index contributed by atoms with van der Waals surface area (Å²) in [6.45, 7) is 6.81. The summed E-state index contributed by atoms with van der Waals surface area (Å²) in [6, 6.07) is 10.4. The summed E-state index contributed by atoms with van der Waals surface area (Å²) in [5.74, 6) is 0.261. The third-order valence-corrected chi connectivity index (χ3v) is 5.53. The molecule has 26 heavy (non-hydrogen) atoms. The van der Waals surface area contributed by atoms with Crippen LogP contribution in [-0.2, 0) is 24.2 Å². The highest BCUT2D eigenvalue weighted by Crippen LogP contribution is 2.31. The lowest BCUT2D eigenvalue weighted by atomic mass is 9.92. The van der Waals surface area contributed by atoms with E-state index >= 15 is 0 Å². The maximum absolute atomic E-state index is 12.7. The molecule has 3 rings (SSSR count). The number of amides is 1. The Morgan fingerprint density at radius 2 is 1.88 bits per heavy atom. The number of rotatable bonds is 5. The number of likely N-dealkylation sites (N-methyl/N-ethyl adjacent to an activating group) is 1. The maximum Gasteiger partial charge on any atom is 0.227 e. The number of aromatic nitrogens is 1. The van der Waals surface area contributed by atoms with E-state index in [1.807, 2.05) is 46.0 Å². The van der Waals surface area contributed by atoms with Gasteiger partial charge in [0, 0.05) is 43.0 Å². The highest BCUT2D eigenvalue weighted by Gasteiger charge is 2.29. The number of nitrogens with zero attached hydrogens (tertiary/aromatic N) is 2. The fourth-order valence-corrected chi connectivity index (χ4v) is 3.75. The molecule has 4 nitrogen and oxygen atoms in total. The number of carbonyl (C=O) groups is 2. The zero-order valence-corrected chi connectivity index (χ0v) is 16.2. The van der Waals surface area contributed by atoms with Crippen LogP contribution >= 0.6 is 0 Å². The fraction of sp³-hybridized carbons (Fsp3) is 0.455. The molecule has 1 aliphatic rings. The third-order valence-electron chi connectivity index (χ3n) is 5.53. The summed E-state index contributed by atoms with van der Waals surface area (Å²) < 4.78 is 2.25. The van der Waals surface area contributed by atoms with Gasteiger partial charge in [-0.3, -0.25) is 9.59 Å². The minimum Gasteiger partial charge on any atom is -0.343 e. The molecule has 0 saturated carbocycles. The second-order valence-corrected chi connectivity index (χ2v) is 7.51. The van der Waals surface area contributed by atoms with Gasteiger partial charge in [0.2, 0.25) is 5.91 Å². The van der Waals surface area contributed by atoms with E-state index in [1.165, 1.54) is 5.56 Å². The molecular formula is C22H28N2O2. The Labute approximate surface area is 155 Å². The smallest absolute Gasteiger partial charge is 0.227 e. The Hall–Kier alpha value is -2.36. The van der Waals surface area contributed by atoms with Gasteiger partial charge in [0.1, 0.15) is 0 Å². The van der Waals surface area contributed by atoms with E-state index in [-0.39, 0.29) is 17.7 Å². The summed E-state index contributed by atoms with van der Waals surface area (Å²) in [5, 5.41) is 0. The molecule has 1 aliphatic carbocycles. The number of hydrogen-bond acceptors (Lipinski definition) is 2. The van der Waals surface area contributed by atoms with Crippen molar-refractivity contribution in [2.75, 3.05) is 7.05 Å². The summed E-state index contributed by atoms with van der Waals surface area (Å²) in [7, 11) is 1.83. The van der Waals surface area contributed by atoms with Crippen LogP contribution in [0.25, 0.3) is 0 Å². The predicted molar refractivity (Wildman–Crippen MR) is 104 cm³/mol. The van der Waals surface area contributed by atoms with Crippen LogP contribution in [0.3, 0.4) is 0 Å². The summed E-state index contributed by atoms with van der Waals surface area (Å²) >= 11 is 0. The van der Waals surface area contributed by atoms with Crippen molar-refractivity contribution in [3.63, 3.8) is 0 Å². The van der Waals surface area contributed by atoms with Crippen molar-refractivity contribution >= 4 is 11.7 Å². The van der Waals surface area contributed by atoms with Gasteiger partial charge in [-0.1, -0.05) is 30.3 Å². The molecule has 1 heterocycles. The van der Waals surface area contributed by atoms with E-state index in [4.69, 9.17) is 0 Å². The highest BCUT2D eigenvalue weighted by atomic mass is 16.2. The van der Waals surface area contributed by atoms with Crippen molar-refractivity contribution < 1.29 is 9.59 Å². The van der Waals surface area contributed by atoms with Gasteiger partial charge in [-0.05, 0) is 44.7 Å². The highest BCUT2D eigenvalue weighted by molar-refractivity contribution is 6.01. The van der Waals surface area contributed by atoms with E-state index in [0.29, 0.717) is 12.8 Å². The van der Waals surface area contributed by atoms with Gasteiger partial charge in [0.15, 0.2) is 5.78 Å². The number of Topliss-reactive ketones (excluding diaryl/α,β-unsaturated/α-hetero) is 1. The Morgan fingerprint density at radius 3 is 2.54 bits per heavy atom. The van der Waals surface area contributed by atoms with Crippen LogP contribution in [0.15, 0.2) is 30.3 Å². The van der Waals surface area contributed by atoms with Gasteiger partial charge in [0.25, 0.3) is 0 Å². The molecule has 0 unspecified atom stereocenters.